The molecule has 1 heterocycles. The Kier molecular flexibility index (Phi) is 4.09. The van der Waals surface area contributed by atoms with Gasteiger partial charge in [0.1, 0.15) is 5.00 Å². The van der Waals surface area contributed by atoms with Gasteiger partial charge in [0.15, 0.2) is 0 Å². The first kappa shape index (κ1) is 13.0. The smallest absolute Gasteiger partial charge is 0.326 e. The highest BCUT2D eigenvalue weighted by atomic mass is 32.1. The summed E-state index contributed by atoms with van der Waals surface area (Å²) in [5, 5.41) is 16.2. The molecule has 1 aromatic carbocycles. The minimum Gasteiger partial charge on any atom is -0.334 e. The minimum absolute atomic E-state index is 0.00152. The van der Waals surface area contributed by atoms with Gasteiger partial charge in [-0.05, 0) is 23.0 Å². The number of nitrogens with zero attached hydrogens (tertiary/aromatic N) is 1. The van der Waals surface area contributed by atoms with Crippen LogP contribution in [0.25, 0.3) is 0 Å². The molecule has 2 N–H and O–H groups in total. The highest BCUT2D eigenvalue weighted by molar-refractivity contribution is 7.19. The maximum absolute atomic E-state index is 11.6. The van der Waals surface area contributed by atoms with Crippen LogP contribution in [0.15, 0.2) is 42.5 Å². The van der Waals surface area contributed by atoms with E-state index in [1.165, 1.54) is 12.1 Å². The van der Waals surface area contributed by atoms with Crippen LogP contribution in [0.3, 0.4) is 0 Å². The summed E-state index contributed by atoms with van der Waals surface area (Å²) in [6.45, 7) is 0.403. The van der Waals surface area contributed by atoms with E-state index >= 15 is 0 Å². The molecule has 2 rings (SSSR count). The predicted octanol–water partition coefficient (Wildman–Crippen LogP) is 2.98. The number of rotatable bonds is 4. The molecule has 0 radical (unpaired) electrons. The van der Waals surface area contributed by atoms with E-state index in [2.05, 4.69) is 10.6 Å². The molecular formula is C12H11N3O3S. The molecule has 0 fully saturated rings. The molecule has 98 valence electrons. The van der Waals surface area contributed by atoms with Crippen LogP contribution in [0.4, 0.5) is 14.8 Å². The van der Waals surface area contributed by atoms with Gasteiger partial charge in [-0.2, -0.15) is 0 Å². The van der Waals surface area contributed by atoms with Crippen molar-refractivity contribution in [2.75, 3.05) is 5.32 Å². The number of nitrogens with one attached hydrogen (secondary N) is 2. The van der Waals surface area contributed by atoms with Crippen LogP contribution < -0.4 is 10.6 Å². The van der Waals surface area contributed by atoms with Crippen LogP contribution in [0.5, 0.6) is 0 Å². The molecule has 0 aliphatic carbocycles. The molecule has 7 heteroatoms. The highest BCUT2D eigenvalue weighted by Gasteiger charge is 2.11. The zero-order chi connectivity index (χ0) is 13.7. The van der Waals surface area contributed by atoms with Crippen molar-refractivity contribution >= 4 is 27.4 Å². The second-order valence-electron chi connectivity index (χ2n) is 3.69. The second kappa shape index (κ2) is 5.96. The van der Waals surface area contributed by atoms with Crippen molar-refractivity contribution in [1.29, 1.82) is 0 Å². The molecule has 2 amide bonds. The van der Waals surface area contributed by atoms with Crippen LogP contribution in [-0.2, 0) is 6.54 Å². The van der Waals surface area contributed by atoms with Gasteiger partial charge in [-0.25, -0.2) is 4.79 Å². The first-order valence-electron chi connectivity index (χ1n) is 5.48. The van der Waals surface area contributed by atoms with Gasteiger partial charge in [0, 0.05) is 12.6 Å². The van der Waals surface area contributed by atoms with Gasteiger partial charge in [-0.15, -0.1) is 0 Å². The number of hydrogen-bond donors (Lipinski definition) is 2. The average Bonchev–Trinajstić information content (AvgIpc) is 2.86. The van der Waals surface area contributed by atoms with E-state index in [-0.39, 0.29) is 11.0 Å². The van der Waals surface area contributed by atoms with Gasteiger partial charge in [0.05, 0.1) is 4.92 Å². The lowest BCUT2D eigenvalue weighted by Crippen LogP contribution is -2.27. The molecule has 0 unspecified atom stereocenters. The van der Waals surface area contributed by atoms with Crippen LogP contribution in [-0.4, -0.2) is 11.0 Å². The van der Waals surface area contributed by atoms with Gasteiger partial charge >= 0.3 is 11.0 Å². The third-order valence-corrected chi connectivity index (χ3v) is 3.26. The molecule has 19 heavy (non-hydrogen) atoms. The van der Waals surface area contributed by atoms with Gasteiger partial charge < -0.3 is 5.32 Å². The number of amides is 2. The van der Waals surface area contributed by atoms with Crippen molar-refractivity contribution in [3.63, 3.8) is 0 Å². The van der Waals surface area contributed by atoms with Crippen LogP contribution in [0, 0.1) is 10.1 Å². The van der Waals surface area contributed by atoms with Gasteiger partial charge in [0.25, 0.3) is 0 Å². The van der Waals surface area contributed by atoms with Gasteiger partial charge in [0.2, 0.25) is 0 Å². The van der Waals surface area contributed by atoms with Crippen LogP contribution in [0.1, 0.15) is 5.56 Å². The topological polar surface area (TPSA) is 84.3 Å². The third kappa shape index (κ3) is 3.78. The maximum Gasteiger partial charge on any atom is 0.326 e. The minimum atomic E-state index is -0.488. The van der Waals surface area contributed by atoms with Crippen molar-refractivity contribution in [3.8, 4) is 0 Å². The summed E-state index contributed by atoms with van der Waals surface area (Å²) < 4.78 is 0. The van der Waals surface area contributed by atoms with Crippen molar-refractivity contribution in [3.05, 3.63) is 58.1 Å². The van der Waals surface area contributed by atoms with E-state index in [0.29, 0.717) is 11.5 Å². The van der Waals surface area contributed by atoms with E-state index < -0.39 is 4.92 Å². The summed E-state index contributed by atoms with van der Waals surface area (Å²) >= 11 is 0.920. The summed E-state index contributed by atoms with van der Waals surface area (Å²) in [6.07, 6.45) is 0. The predicted molar refractivity (Wildman–Crippen MR) is 73.3 cm³/mol. The summed E-state index contributed by atoms with van der Waals surface area (Å²) in [5.74, 6) is 0. The zero-order valence-electron chi connectivity index (χ0n) is 9.83. The largest absolute Gasteiger partial charge is 0.334 e. The first-order valence-corrected chi connectivity index (χ1v) is 6.30. The normalized spacial score (nSPS) is 9.89. The van der Waals surface area contributed by atoms with Crippen molar-refractivity contribution in [1.82, 2.24) is 5.32 Å². The van der Waals surface area contributed by atoms with Gasteiger partial charge in [-0.3, -0.25) is 15.4 Å². The summed E-state index contributed by atoms with van der Waals surface area (Å²) in [5.41, 5.74) is 0.981. The number of thiophene rings is 1. The lowest BCUT2D eigenvalue weighted by molar-refractivity contribution is -0.380. The number of anilines is 1. The number of carbonyl (C=O) groups is 1. The van der Waals surface area contributed by atoms with E-state index in [9.17, 15) is 14.9 Å². The molecule has 0 saturated heterocycles. The Labute approximate surface area is 113 Å². The van der Waals surface area contributed by atoms with E-state index in [4.69, 9.17) is 0 Å². The Hall–Kier alpha value is -2.41. The number of hydrogen-bond acceptors (Lipinski definition) is 4. The number of benzene rings is 1. The summed E-state index contributed by atoms with van der Waals surface area (Å²) in [4.78, 5) is 21.6. The lowest BCUT2D eigenvalue weighted by atomic mass is 10.2. The van der Waals surface area contributed by atoms with E-state index in [0.717, 1.165) is 16.9 Å². The fourth-order valence-electron chi connectivity index (χ4n) is 1.43. The molecular weight excluding hydrogens is 266 g/mol. The highest BCUT2D eigenvalue weighted by Crippen LogP contribution is 2.27. The Morgan fingerprint density at radius 3 is 2.58 bits per heavy atom. The molecule has 0 saturated carbocycles. The molecule has 0 spiro atoms. The van der Waals surface area contributed by atoms with Crippen LogP contribution >= 0.6 is 11.3 Å². The Balaban J connectivity index is 1.85. The van der Waals surface area contributed by atoms with Crippen molar-refractivity contribution < 1.29 is 9.72 Å². The molecule has 2 aromatic rings. The fourth-order valence-corrected chi connectivity index (χ4v) is 2.14. The number of carbonyl (C=O) groups excluding carboxylic acids is 1. The first-order chi connectivity index (χ1) is 9.15. The quantitative estimate of drug-likeness (QED) is 0.665. The number of urea groups is 1. The third-order valence-electron chi connectivity index (χ3n) is 2.30. The molecule has 6 nitrogen and oxygen atoms in total. The molecule has 0 aliphatic heterocycles. The Morgan fingerprint density at radius 2 is 1.95 bits per heavy atom. The molecule has 0 aliphatic rings. The lowest BCUT2D eigenvalue weighted by Gasteiger charge is -2.05. The molecule has 1 aromatic heterocycles. The Morgan fingerprint density at radius 1 is 1.21 bits per heavy atom. The van der Waals surface area contributed by atoms with Crippen molar-refractivity contribution in [2.45, 2.75) is 6.54 Å². The average molecular weight is 277 g/mol. The molecule has 0 atom stereocenters. The van der Waals surface area contributed by atoms with Gasteiger partial charge in [-0.1, -0.05) is 30.3 Å². The van der Waals surface area contributed by atoms with Crippen LogP contribution in [0.2, 0.25) is 0 Å². The molecule has 0 bridgehead atoms. The Bertz CT molecular complexity index is 583. The van der Waals surface area contributed by atoms with E-state index in [1.807, 2.05) is 30.3 Å². The second-order valence-corrected chi connectivity index (χ2v) is 4.75. The SMILES string of the molecule is O=C(NCc1ccccc1)Nc1ccc([N+](=O)[O-])s1. The zero-order valence-corrected chi connectivity index (χ0v) is 10.6. The summed E-state index contributed by atoms with van der Waals surface area (Å²) in [7, 11) is 0. The number of nitro groups is 1. The monoisotopic (exact) mass is 277 g/mol. The standard InChI is InChI=1S/C12H11N3O3S/c16-12(13-8-9-4-2-1-3-5-9)14-10-6-7-11(19-10)15(17)18/h1-7H,8H2,(H2,13,14,16). The van der Waals surface area contributed by atoms with E-state index in [1.54, 1.807) is 0 Å². The fraction of sp³-hybridized carbons (Fsp3) is 0.0833. The maximum atomic E-state index is 11.6. The summed E-state index contributed by atoms with van der Waals surface area (Å²) in [6, 6.07) is 11.9. The van der Waals surface area contributed by atoms with Crippen molar-refractivity contribution in [2.24, 2.45) is 0 Å².